The smallest absolute Gasteiger partial charge is 0.411 e. The molecule has 1 aromatic carbocycles. The van der Waals surface area contributed by atoms with E-state index >= 15 is 0 Å². The van der Waals surface area contributed by atoms with E-state index in [9.17, 15) is 14.4 Å². The maximum absolute atomic E-state index is 12.4. The van der Waals surface area contributed by atoms with E-state index in [4.69, 9.17) is 4.74 Å². The number of carbonyl (C=O) groups excluding carboxylic acids is 2. The Kier molecular flexibility index (Phi) is 8.95. The Morgan fingerprint density at radius 1 is 1.00 bits per heavy atom. The first-order chi connectivity index (χ1) is 18.5. The summed E-state index contributed by atoms with van der Waals surface area (Å²) >= 11 is 0. The fourth-order valence-corrected chi connectivity index (χ4v) is 3.59. The largest absolute Gasteiger partial charge is 0.444 e. The van der Waals surface area contributed by atoms with E-state index in [-0.39, 0.29) is 23.8 Å². The van der Waals surface area contributed by atoms with Crippen molar-refractivity contribution in [2.75, 3.05) is 5.32 Å². The minimum absolute atomic E-state index is 0.146. The summed E-state index contributed by atoms with van der Waals surface area (Å²) in [7, 11) is 0. The summed E-state index contributed by atoms with van der Waals surface area (Å²) in [4.78, 5) is 41.0. The summed E-state index contributed by atoms with van der Waals surface area (Å²) in [6, 6.07) is 16.2. The van der Waals surface area contributed by atoms with E-state index < -0.39 is 6.09 Å². The van der Waals surface area contributed by atoms with Crippen LogP contribution in [0.5, 0.6) is 0 Å². The first-order valence-corrected chi connectivity index (χ1v) is 12.2. The van der Waals surface area contributed by atoms with Gasteiger partial charge in [0.05, 0.1) is 11.9 Å². The van der Waals surface area contributed by atoms with Gasteiger partial charge in [0.25, 0.3) is 11.5 Å². The molecule has 3 aromatic heterocycles. The molecule has 0 spiro atoms. The molecular weight excluding hydrogens is 486 g/mol. The summed E-state index contributed by atoms with van der Waals surface area (Å²) in [5, 5.41) is 13.3. The van der Waals surface area contributed by atoms with Crippen molar-refractivity contribution >= 4 is 17.7 Å². The Morgan fingerprint density at radius 3 is 2.58 bits per heavy atom. The molecule has 0 bridgehead atoms. The van der Waals surface area contributed by atoms with Gasteiger partial charge in [-0.15, -0.1) is 5.10 Å². The van der Waals surface area contributed by atoms with Crippen molar-refractivity contribution in [2.45, 2.75) is 46.0 Å². The fraction of sp³-hybridized carbons (Fsp3) is 0.259. The number of hydrogen-bond acceptors (Lipinski definition) is 7. The summed E-state index contributed by atoms with van der Waals surface area (Å²) in [5.74, 6) is -0.305. The molecule has 2 N–H and O–H groups in total. The highest BCUT2D eigenvalue weighted by molar-refractivity contribution is 5.91. The lowest BCUT2D eigenvalue weighted by Gasteiger charge is -2.09. The van der Waals surface area contributed by atoms with Crippen LogP contribution < -0.4 is 16.2 Å². The third-order valence-electron chi connectivity index (χ3n) is 5.69. The molecule has 4 aromatic rings. The van der Waals surface area contributed by atoms with Gasteiger partial charge in [-0.1, -0.05) is 41.6 Å². The van der Waals surface area contributed by atoms with Crippen molar-refractivity contribution in [3.8, 4) is 0 Å². The lowest BCUT2D eigenvalue weighted by atomic mass is 10.2. The lowest BCUT2D eigenvalue weighted by molar-refractivity contribution is 0.0945. The van der Waals surface area contributed by atoms with Crippen LogP contribution in [0.4, 0.5) is 10.5 Å². The average Bonchev–Trinajstić information content (AvgIpc) is 3.40. The van der Waals surface area contributed by atoms with Crippen molar-refractivity contribution in [1.29, 1.82) is 0 Å². The van der Waals surface area contributed by atoms with E-state index in [1.165, 1.54) is 6.07 Å². The number of amides is 2. The molecule has 4 rings (SSSR count). The molecule has 0 aliphatic heterocycles. The van der Waals surface area contributed by atoms with E-state index in [1.807, 2.05) is 49.4 Å². The number of anilines is 1. The van der Waals surface area contributed by atoms with Crippen LogP contribution in [-0.2, 0) is 31.0 Å². The molecule has 0 aliphatic rings. The molecule has 0 unspecified atom stereocenters. The van der Waals surface area contributed by atoms with Gasteiger partial charge < -0.3 is 14.6 Å². The fourth-order valence-electron chi connectivity index (χ4n) is 3.59. The number of aryl methyl sites for hydroxylation is 3. The van der Waals surface area contributed by atoms with Gasteiger partial charge in [0.15, 0.2) is 5.69 Å². The second-order valence-electron chi connectivity index (χ2n) is 8.70. The molecule has 0 radical (unpaired) electrons. The monoisotopic (exact) mass is 515 g/mol. The van der Waals surface area contributed by atoms with E-state index in [0.717, 1.165) is 23.2 Å². The SMILES string of the molecule is Cc1ccc(CNC(=O)c2cn(CCCCn3ccc(NC(=O)OCc4ccccc4)cc3=O)nn2)cn1. The third kappa shape index (κ3) is 7.85. The normalized spacial score (nSPS) is 10.7. The molecule has 11 heteroatoms. The van der Waals surface area contributed by atoms with Gasteiger partial charge in [0, 0.05) is 43.8 Å². The van der Waals surface area contributed by atoms with E-state index in [2.05, 4.69) is 25.9 Å². The number of unbranched alkanes of at least 4 members (excludes halogenated alkanes) is 1. The molecule has 0 atom stereocenters. The van der Waals surface area contributed by atoms with E-state index in [0.29, 0.717) is 31.7 Å². The number of benzene rings is 1. The minimum atomic E-state index is -0.626. The predicted molar refractivity (Wildman–Crippen MR) is 140 cm³/mol. The maximum atomic E-state index is 12.4. The van der Waals surface area contributed by atoms with Gasteiger partial charge >= 0.3 is 6.09 Å². The van der Waals surface area contributed by atoms with Crippen molar-refractivity contribution in [3.63, 3.8) is 0 Å². The van der Waals surface area contributed by atoms with E-state index in [1.54, 1.807) is 33.9 Å². The van der Waals surface area contributed by atoms with Gasteiger partial charge in [0.1, 0.15) is 6.61 Å². The lowest BCUT2D eigenvalue weighted by Crippen LogP contribution is -2.23. The van der Waals surface area contributed by atoms with Crippen LogP contribution in [0.15, 0.2) is 78.0 Å². The van der Waals surface area contributed by atoms with Gasteiger partial charge in [-0.05, 0) is 43.0 Å². The second kappa shape index (κ2) is 12.9. The van der Waals surface area contributed by atoms with Gasteiger partial charge in [-0.2, -0.15) is 0 Å². The molecule has 0 saturated carbocycles. The molecule has 38 heavy (non-hydrogen) atoms. The predicted octanol–water partition coefficient (Wildman–Crippen LogP) is 3.30. The molecule has 3 heterocycles. The van der Waals surface area contributed by atoms with Crippen molar-refractivity contribution in [1.82, 2.24) is 29.9 Å². The first-order valence-electron chi connectivity index (χ1n) is 12.2. The highest BCUT2D eigenvalue weighted by Crippen LogP contribution is 2.07. The number of nitrogens with one attached hydrogen (secondary N) is 2. The number of pyridine rings is 2. The molecule has 0 aliphatic carbocycles. The van der Waals surface area contributed by atoms with Crippen LogP contribution in [0.1, 0.15) is 40.2 Å². The van der Waals surface area contributed by atoms with Gasteiger partial charge in [0.2, 0.25) is 0 Å². The number of carbonyl (C=O) groups is 2. The second-order valence-corrected chi connectivity index (χ2v) is 8.70. The maximum Gasteiger partial charge on any atom is 0.411 e. The van der Waals surface area contributed by atoms with Crippen LogP contribution in [0.2, 0.25) is 0 Å². The Morgan fingerprint density at radius 2 is 1.82 bits per heavy atom. The van der Waals surface area contributed by atoms with Crippen molar-refractivity contribution in [3.05, 3.63) is 106 Å². The molecule has 2 amide bonds. The Balaban J connectivity index is 1.17. The van der Waals surface area contributed by atoms with Crippen LogP contribution in [0, 0.1) is 6.92 Å². The Hall–Kier alpha value is -4.80. The van der Waals surface area contributed by atoms with Gasteiger partial charge in [-0.25, -0.2) is 4.79 Å². The first kappa shape index (κ1) is 26.3. The average molecular weight is 516 g/mol. The Bertz CT molecular complexity index is 1420. The van der Waals surface area contributed by atoms with Gasteiger partial charge in [-0.3, -0.25) is 24.6 Å². The zero-order chi connectivity index (χ0) is 26.7. The number of aromatic nitrogens is 5. The standard InChI is InChI=1S/C27H29N7O4/c1-20-9-10-22(16-28-20)17-29-26(36)24-18-34(32-31-24)13-6-5-12-33-14-11-23(15-25(33)35)30-27(37)38-19-21-7-3-2-4-8-21/h2-4,7-11,14-16,18H,5-6,12-13,17,19H2,1H3,(H,29,36)(H,30,37). The number of hydrogen-bond donors (Lipinski definition) is 2. The molecule has 11 nitrogen and oxygen atoms in total. The van der Waals surface area contributed by atoms with Crippen LogP contribution >= 0.6 is 0 Å². The summed E-state index contributed by atoms with van der Waals surface area (Å²) in [6.07, 6.45) is 5.79. The number of rotatable bonds is 11. The highest BCUT2D eigenvalue weighted by Gasteiger charge is 2.11. The van der Waals surface area contributed by atoms with Crippen LogP contribution in [0.3, 0.4) is 0 Å². The zero-order valence-corrected chi connectivity index (χ0v) is 21.0. The zero-order valence-electron chi connectivity index (χ0n) is 21.0. The number of ether oxygens (including phenoxy) is 1. The Labute approximate surface area is 219 Å². The molecular formula is C27H29N7O4. The summed E-state index contributed by atoms with van der Waals surface area (Å²) < 4.78 is 8.36. The topological polar surface area (TPSA) is 133 Å². The van der Waals surface area contributed by atoms with Crippen LogP contribution in [-0.4, -0.2) is 36.5 Å². The van der Waals surface area contributed by atoms with Crippen LogP contribution in [0.25, 0.3) is 0 Å². The highest BCUT2D eigenvalue weighted by atomic mass is 16.5. The van der Waals surface area contributed by atoms with Crippen molar-refractivity contribution in [2.24, 2.45) is 0 Å². The third-order valence-corrected chi connectivity index (χ3v) is 5.69. The number of nitrogens with zero attached hydrogens (tertiary/aromatic N) is 5. The van der Waals surface area contributed by atoms with Crippen molar-refractivity contribution < 1.29 is 14.3 Å². The molecule has 0 fully saturated rings. The molecule has 196 valence electrons. The quantitative estimate of drug-likeness (QED) is 0.293. The summed E-state index contributed by atoms with van der Waals surface area (Å²) in [5.41, 5.74) is 3.08. The minimum Gasteiger partial charge on any atom is -0.444 e. The summed E-state index contributed by atoms with van der Waals surface area (Å²) in [6.45, 7) is 3.47. The molecule has 0 saturated heterocycles.